The Hall–Kier alpha value is -4.78. The van der Waals surface area contributed by atoms with Crippen LogP contribution in [0.2, 0.25) is 0 Å². The van der Waals surface area contributed by atoms with E-state index in [2.05, 4.69) is 26.6 Å². The number of nitrogens with one attached hydrogen (secondary N) is 5. The second-order valence-electron chi connectivity index (χ2n) is 15.5. The van der Waals surface area contributed by atoms with Crippen molar-refractivity contribution in [3.63, 3.8) is 0 Å². The lowest BCUT2D eigenvalue weighted by Crippen LogP contribution is -2.60. The van der Waals surface area contributed by atoms with Crippen molar-refractivity contribution in [1.82, 2.24) is 26.6 Å². The minimum atomic E-state index is -0.991. The van der Waals surface area contributed by atoms with Crippen LogP contribution in [0, 0.1) is 23.7 Å². The highest BCUT2D eigenvalue weighted by Gasteiger charge is 2.34. The predicted molar refractivity (Wildman–Crippen MR) is 213 cm³/mol. The maximum Gasteiger partial charge on any atom is 0.328 e. The van der Waals surface area contributed by atoms with Gasteiger partial charge in [0, 0.05) is 31.3 Å². The fourth-order valence-corrected chi connectivity index (χ4v) is 6.08. The molecule has 0 spiro atoms. The standard InChI is InChI=1S/C42H64N6O7/c1-10-28(8)38(41(53)48-37(27(6)7)42(54)55-9)46-35(50)24-31(43)32(22-29-17-13-11-14-18-29)45-40(52)36(26(4)5)47-39(51)33(44-34(49)21-25(2)3)23-30-19-15-12-16-20-30/h11-20,25-28,31-33,36-38H,10,21-24,43H2,1-9H3,(H,44,49)(H,45,52)(H,46,50)(H,47,51)(H,48,53)/t28-,31-,32-,33-,36?,37?,38-/m0/s1. The summed E-state index contributed by atoms with van der Waals surface area (Å²) in [4.78, 5) is 80.0. The monoisotopic (exact) mass is 764 g/mol. The maximum absolute atomic E-state index is 14.0. The number of amides is 5. The third-order valence-electron chi connectivity index (χ3n) is 9.57. The highest BCUT2D eigenvalue weighted by molar-refractivity contribution is 5.93. The van der Waals surface area contributed by atoms with Crippen molar-refractivity contribution in [3.8, 4) is 0 Å². The average molecular weight is 765 g/mol. The van der Waals surface area contributed by atoms with Crippen LogP contribution in [0.1, 0.15) is 85.8 Å². The molecule has 55 heavy (non-hydrogen) atoms. The van der Waals surface area contributed by atoms with Gasteiger partial charge < -0.3 is 37.1 Å². The zero-order valence-corrected chi connectivity index (χ0v) is 34.0. The van der Waals surface area contributed by atoms with E-state index in [0.717, 1.165) is 11.1 Å². The van der Waals surface area contributed by atoms with E-state index < -0.39 is 65.8 Å². The van der Waals surface area contributed by atoms with Crippen molar-refractivity contribution in [2.24, 2.45) is 29.4 Å². The molecule has 0 saturated carbocycles. The van der Waals surface area contributed by atoms with Gasteiger partial charge in [-0.15, -0.1) is 0 Å². The Morgan fingerprint density at radius 1 is 0.600 bits per heavy atom. The molecule has 0 aromatic heterocycles. The van der Waals surface area contributed by atoms with E-state index in [-0.39, 0.29) is 55.3 Å². The van der Waals surface area contributed by atoms with Crippen LogP contribution in [-0.4, -0.2) is 78.9 Å². The Bertz CT molecular complexity index is 1540. The number of esters is 1. The molecule has 0 aliphatic heterocycles. The van der Waals surface area contributed by atoms with Gasteiger partial charge in [-0.25, -0.2) is 4.79 Å². The Morgan fingerprint density at radius 3 is 1.58 bits per heavy atom. The second-order valence-corrected chi connectivity index (χ2v) is 15.5. The van der Waals surface area contributed by atoms with Gasteiger partial charge in [-0.1, -0.05) is 122 Å². The summed E-state index contributed by atoms with van der Waals surface area (Å²) in [7, 11) is 1.25. The lowest BCUT2D eigenvalue weighted by molar-refractivity contribution is -0.147. The summed E-state index contributed by atoms with van der Waals surface area (Å²) in [6, 6.07) is 13.3. The first-order chi connectivity index (χ1) is 26.0. The molecule has 0 bridgehead atoms. The van der Waals surface area contributed by atoms with Crippen molar-refractivity contribution in [2.45, 2.75) is 124 Å². The van der Waals surface area contributed by atoms with Crippen molar-refractivity contribution < 1.29 is 33.5 Å². The molecular weight excluding hydrogens is 700 g/mol. The molecule has 7 N–H and O–H groups in total. The molecule has 13 heteroatoms. The number of ether oxygens (including phenoxy) is 1. The molecule has 2 aromatic carbocycles. The fourth-order valence-electron chi connectivity index (χ4n) is 6.08. The summed E-state index contributed by atoms with van der Waals surface area (Å²) >= 11 is 0. The van der Waals surface area contributed by atoms with Crippen LogP contribution >= 0.6 is 0 Å². The number of carbonyl (C=O) groups excluding carboxylic acids is 6. The number of hydrogen-bond donors (Lipinski definition) is 6. The molecule has 2 unspecified atom stereocenters. The SMILES string of the molecule is CC[C@H](C)[C@H](NC(=O)C[C@H](N)[C@H](Cc1ccccc1)NC(=O)C(NC(=O)[C@H](Cc1ccccc1)NC(=O)CC(C)C)C(C)C)C(=O)NC(C(=O)OC)C(C)C. The zero-order chi connectivity index (χ0) is 41.2. The fraction of sp³-hybridized carbons (Fsp3) is 0.571. The second kappa shape index (κ2) is 23.2. The predicted octanol–water partition coefficient (Wildman–Crippen LogP) is 3.19. The number of rotatable bonds is 22. The quantitative estimate of drug-likeness (QED) is 0.0983. The first-order valence-electron chi connectivity index (χ1n) is 19.4. The van der Waals surface area contributed by atoms with Gasteiger partial charge in [-0.2, -0.15) is 0 Å². The molecule has 13 nitrogen and oxygen atoms in total. The van der Waals surface area contributed by atoms with Gasteiger partial charge in [-0.3, -0.25) is 24.0 Å². The van der Waals surface area contributed by atoms with Gasteiger partial charge in [0.15, 0.2) is 0 Å². The molecule has 304 valence electrons. The van der Waals surface area contributed by atoms with Crippen LogP contribution in [0.15, 0.2) is 60.7 Å². The van der Waals surface area contributed by atoms with Gasteiger partial charge in [0.1, 0.15) is 24.2 Å². The van der Waals surface area contributed by atoms with Crippen LogP contribution in [0.5, 0.6) is 0 Å². The number of carbonyl (C=O) groups is 6. The van der Waals surface area contributed by atoms with Gasteiger partial charge in [0.05, 0.1) is 7.11 Å². The molecular formula is C42H64N6O7. The number of methoxy groups -OCH3 is 1. The molecule has 5 amide bonds. The highest BCUT2D eigenvalue weighted by atomic mass is 16.5. The summed E-state index contributed by atoms with van der Waals surface area (Å²) < 4.78 is 4.87. The van der Waals surface area contributed by atoms with Crippen LogP contribution in [0.3, 0.4) is 0 Å². The van der Waals surface area contributed by atoms with Crippen molar-refractivity contribution in [1.29, 1.82) is 0 Å². The normalized spacial score (nSPS) is 15.1. The Balaban J connectivity index is 2.30. The van der Waals surface area contributed by atoms with Gasteiger partial charge >= 0.3 is 5.97 Å². The number of hydrogen-bond acceptors (Lipinski definition) is 8. The molecule has 7 atom stereocenters. The average Bonchev–Trinajstić information content (AvgIpc) is 3.13. The summed E-state index contributed by atoms with van der Waals surface area (Å²) in [5.74, 6) is -3.66. The molecule has 0 heterocycles. The Labute approximate surface area is 327 Å². The van der Waals surface area contributed by atoms with Gasteiger partial charge in [0.25, 0.3) is 0 Å². The Kier molecular flexibility index (Phi) is 19.6. The number of nitrogens with two attached hydrogens (primary N) is 1. The topological polar surface area (TPSA) is 198 Å². The molecule has 0 fully saturated rings. The lowest BCUT2D eigenvalue weighted by atomic mass is 9.94. The summed E-state index contributed by atoms with van der Waals surface area (Å²) in [5, 5.41) is 14.3. The van der Waals surface area contributed by atoms with E-state index >= 15 is 0 Å². The van der Waals surface area contributed by atoms with Crippen LogP contribution in [-0.2, 0) is 46.3 Å². The molecule has 0 saturated heterocycles. The molecule has 0 aliphatic carbocycles. The largest absolute Gasteiger partial charge is 0.467 e. The smallest absolute Gasteiger partial charge is 0.328 e. The van der Waals surface area contributed by atoms with Gasteiger partial charge in [0.2, 0.25) is 29.5 Å². The molecule has 0 radical (unpaired) electrons. The van der Waals surface area contributed by atoms with Gasteiger partial charge in [-0.05, 0) is 41.2 Å². The van der Waals surface area contributed by atoms with E-state index in [0.29, 0.717) is 6.42 Å². The van der Waals surface area contributed by atoms with Crippen molar-refractivity contribution in [3.05, 3.63) is 71.8 Å². The zero-order valence-electron chi connectivity index (χ0n) is 34.0. The van der Waals surface area contributed by atoms with E-state index in [1.807, 2.05) is 88.4 Å². The van der Waals surface area contributed by atoms with E-state index in [4.69, 9.17) is 10.5 Å². The minimum absolute atomic E-state index is 0.0874. The van der Waals surface area contributed by atoms with Crippen LogP contribution < -0.4 is 32.3 Å². The molecule has 0 aliphatic rings. The Morgan fingerprint density at radius 2 is 1.09 bits per heavy atom. The van der Waals surface area contributed by atoms with Crippen LogP contribution in [0.4, 0.5) is 0 Å². The summed E-state index contributed by atoms with van der Waals surface area (Å²) in [6.07, 6.45) is 1.09. The summed E-state index contributed by atoms with van der Waals surface area (Å²) in [5.41, 5.74) is 8.40. The van der Waals surface area contributed by atoms with Crippen molar-refractivity contribution >= 4 is 35.5 Å². The first-order valence-corrected chi connectivity index (χ1v) is 19.4. The van der Waals surface area contributed by atoms with Crippen LogP contribution in [0.25, 0.3) is 0 Å². The third-order valence-corrected chi connectivity index (χ3v) is 9.57. The van der Waals surface area contributed by atoms with E-state index in [9.17, 15) is 28.8 Å². The van der Waals surface area contributed by atoms with E-state index in [1.54, 1.807) is 27.7 Å². The highest BCUT2D eigenvalue weighted by Crippen LogP contribution is 2.14. The first kappa shape index (κ1) is 46.4. The van der Waals surface area contributed by atoms with E-state index in [1.165, 1.54) is 7.11 Å². The lowest BCUT2D eigenvalue weighted by Gasteiger charge is -2.31. The molecule has 2 aromatic rings. The number of benzene rings is 2. The molecule has 2 rings (SSSR count). The third kappa shape index (κ3) is 15.8. The summed E-state index contributed by atoms with van der Waals surface area (Å²) in [6.45, 7) is 14.7. The maximum atomic E-state index is 14.0. The minimum Gasteiger partial charge on any atom is -0.467 e. The van der Waals surface area contributed by atoms with Crippen molar-refractivity contribution in [2.75, 3.05) is 7.11 Å².